The van der Waals surface area contributed by atoms with Gasteiger partial charge in [0.2, 0.25) is 0 Å². The van der Waals surface area contributed by atoms with Crippen LogP contribution in [0.2, 0.25) is 0 Å². The van der Waals surface area contributed by atoms with Gasteiger partial charge in [-0.2, -0.15) is 0 Å². The third-order valence-electron chi connectivity index (χ3n) is 0.774. The van der Waals surface area contributed by atoms with Gasteiger partial charge in [0.05, 0.1) is 0 Å². The van der Waals surface area contributed by atoms with Crippen molar-refractivity contribution in [3.8, 4) is 0 Å². The minimum atomic E-state index is 0.572. The molecule has 0 aliphatic carbocycles. The van der Waals surface area contributed by atoms with Crippen molar-refractivity contribution in [1.82, 2.24) is 0 Å². The Morgan fingerprint density at radius 1 is 1.11 bits per heavy atom. The first-order valence-electron chi connectivity index (χ1n) is 2.45. The predicted molar refractivity (Wildman–Crippen MR) is 38.0 cm³/mol. The molecule has 1 nitrogen and oxygen atoms in total. The maximum atomic E-state index is 7.00. The van der Waals surface area contributed by atoms with E-state index in [0.717, 1.165) is 23.7 Å². The van der Waals surface area contributed by atoms with E-state index in [0.29, 0.717) is 5.69 Å². The third-order valence-corrected chi connectivity index (χ3v) is 0.774. The second-order valence-corrected chi connectivity index (χ2v) is 1.37. The van der Waals surface area contributed by atoms with Gasteiger partial charge in [-0.25, -0.2) is 0 Å². The fourth-order valence-electron chi connectivity index (χ4n) is 0.438. The van der Waals surface area contributed by atoms with E-state index in [-0.39, 0.29) is 0 Å². The SMILES string of the molecule is [NH-]c1ccccc1.[S]=[Cd]. The molecule has 1 aromatic carbocycles. The van der Waals surface area contributed by atoms with Crippen LogP contribution in [0.15, 0.2) is 30.3 Å². The first kappa shape index (κ1) is 9.16. The molecule has 0 aliphatic rings. The van der Waals surface area contributed by atoms with Gasteiger partial charge in [0, 0.05) is 0 Å². The molecular formula is C6H6CdNS-. The molecule has 0 saturated carbocycles. The van der Waals surface area contributed by atoms with Crippen LogP contribution >= 0.6 is 8.65 Å². The van der Waals surface area contributed by atoms with Crippen molar-refractivity contribution in [1.29, 1.82) is 0 Å². The molecule has 0 aliphatic heterocycles. The van der Waals surface area contributed by atoms with Crippen molar-refractivity contribution in [3.63, 3.8) is 0 Å². The Labute approximate surface area is 73.8 Å². The molecule has 0 fully saturated rings. The number of hydrogen-bond donors (Lipinski definition) is 0. The molecule has 9 heavy (non-hydrogen) atoms. The molecule has 0 amide bonds. The van der Waals surface area contributed by atoms with Crippen LogP contribution in [-0.2, 0) is 23.7 Å². The van der Waals surface area contributed by atoms with Gasteiger partial charge in [-0.15, -0.1) is 5.69 Å². The molecule has 1 rings (SSSR count). The molecule has 0 atom stereocenters. The van der Waals surface area contributed by atoms with E-state index >= 15 is 0 Å². The second kappa shape index (κ2) is 6.28. The Morgan fingerprint density at radius 2 is 1.56 bits per heavy atom. The fourth-order valence-corrected chi connectivity index (χ4v) is 0.438. The molecule has 1 aromatic rings. The standard InChI is InChI=1S/C6H6N.Cd.S/c7-6-4-2-1-3-5-6;;/h1-5,7H;;/q-1;;. The van der Waals surface area contributed by atoms with Crippen LogP contribution in [0.5, 0.6) is 0 Å². The monoisotopic (exact) mass is 238 g/mol. The number of rotatable bonds is 0. The maximum absolute atomic E-state index is 7.00. The topological polar surface area (TPSA) is 23.8 Å². The molecule has 0 aromatic heterocycles. The van der Waals surface area contributed by atoms with Gasteiger partial charge in [-0.1, -0.05) is 30.3 Å². The summed E-state index contributed by atoms with van der Waals surface area (Å²) in [6.45, 7) is 0. The van der Waals surface area contributed by atoms with E-state index in [1.54, 1.807) is 12.1 Å². The Balaban J connectivity index is 0.000000291. The molecule has 0 heterocycles. The molecule has 0 spiro atoms. The fraction of sp³-hybridized carbons (Fsp3) is 0. The first-order chi connectivity index (χ1) is 4.39. The Kier molecular flexibility index (Phi) is 6.40. The van der Waals surface area contributed by atoms with Crippen molar-refractivity contribution >= 4 is 14.3 Å². The molecule has 0 unspecified atom stereocenters. The van der Waals surface area contributed by atoms with Crippen molar-refractivity contribution < 1.29 is 23.7 Å². The van der Waals surface area contributed by atoms with Crippen molar-refractivity contribution in [2.45, 2.75) is 0 Å². The number of benzene rings is 1. The average molecular weight is 237 g/mol. The van der Waals surface area contributed by atoms with E-state index in [4.69, 9.17) is 5.73 Å². The normalized spacial score (nSPS) is 7.33. The molecule has 0 radical (unpaired) electrons. The molecule has 44 valence electrons. The van der Waals surface area contributed by atoms with E-state index in [9.17, 15) is 0 Å². The molecule has 0 saturated heterocycles. The first-order valence-corrected chi connectivity index (χ1v) is 7.97. The average Bonchev–Trinajstić information content (AvgIpc) is 1.94. The van der Waals surface area contributed by atoms with Gasteiger partial charge >= 0.3 is 32.3 Å². The van der Waals surface area contributed by atoms with Crippen molar-refractivity contribution in [2.24, 2.45) is 0 Å². The summed E-state index contributed by atoms with van der Waals surface area (Å²) in [5.41, 5.74) is 7.57. The van der Waals surface area contributed by atoms with Gasteiger partial charge in [-0.05, 0) is 0 Å². The quantitative estimate of drug-likeness (QED) is 0.635. The zero-order valence-corrected chi connectivity index (χ0v) is 9.85. The number of hydrogen-bond acceptors (Lipinski definition) is 1. The third kappa shape index (κ3) is 4.65. The van der Waals surface area contributed by atoms with Crippen molar-refractivity contribution in [3.05, 3.63) is 36.1 Å². The zero-order valence-electron chi connectivity index (χ0n) is 5.00. The van der Waals surface area contributed by atoms with Crippen LogP contribution in [0.1, 0.15) is 0 Å². The van der Waals surface area contributed by atoms with Crippen LogP contribution in [-0.4, -0.2) is 0 Å². The summed E-state index contributed by atoms with van der Waals surface area (Å²) < 4.78 is 0. The van der Waals surface area contributed by atoms with Crippen LogP contribution < -0.4 is 0 Å². The van der Waals surface area contributed by atoms with E-state index in [2.05, 4.69) is 8.65 Å². The van der Waals surface area contributed by atoms with E-state index in [1.807, 2.05) is 18.2 Å². The summed E-state index contributed by atoms with van der Waals surface area (Å²) in [6.07, 6.45) is 0. The van der Waals surface area contributed by atoms with Crippen molar-refractivity contribution in [2.75, 3.05) is 0 Å². The molecular weight excluding hydrogens is 231 g/mol. The van der Waals surface area contributed by atoms with Crippen LogP contribution in [0.3, 0.4) is 0 Å². The Bertz CT molecular complexity index is 154. The van der Waals surface area contributed by atoms with Gasteiger partial charge < -0.3 is 5.73 Å². The van der Waals surface area contributed by atoms with Gasteiger partial charge in [-0.3, -0.25) is 0 Å². The molecule has 0 bridgehead atoms. The second-order valence-electron chi connectivity index (χ2n) is 1.37. The summed E-state index contributed by atoms with van der Waals surface area (Å²) in [5, 5.41) is 0. The van der Waals surface area contributed by atoms with E-state index in [1.165, 1.54) is 0 Å². The van der Waals surface area contributed by atoms with Crippen LogP contribution in [0, 0.1) is 0 Å². The van der Waals surface area contributed by atoms with Gasteiger partial charge in [0.1, 0.15) is 0 Å². The van der Waals surface area contributed by atoms with Gasteiger partial charge in [0.15, 0.2) is 0 Å². The molecule has 1 N–H and O–H groups in total. The summed E-state index contributed by atoms with van der Waals surface area (Å²) in [6, 6.07) is 9.10. The summed E-state index contributed by atoms with van der Waals surface area (Å²) in [4.78, 5) is 0. The Hall–Kier alpha value is 0.162. The predicted octanol–water partition coefficient (Wildman–Crippen LogP) is 3.02. The zero-order chi connectivity index (χ0) is 7.11. The van der Waals surface area contributed by atoms with Crippen LogP contribution in [0.4, 0.5) is 5.69 Å². The summed E-state index contributed by atoms with van der Waals surface area (Å²) >= 11 is 0.733. The summed E-state index contributed by atoms with van der Waals surface area (Å²) in [7, 11) is 4.25. The summed E-state index contributed by atoms with van der Waals surface area (Å²) in [5.74, 6) is 0. The minimum absolute atomic E-state index is 0.572. The van der Waals surface area contributed by atoms with Crippen LogP contribution in [0.25, 0.3) is 5.73 Å². The van der Waals surface area contributed by atoms with Gasteiger partial charge in [0.25, 0.3) is 0 Å². The van der Waals surface area contributed by atoms with E-state index < -0.39 is 0 Å². The molecule has 3 heteroatoms. The number of nitrogens with one attached hydrogen (secondary N) is 1. The Morgan fingerprint density at radius 3 is 1.78 bits per heavy atom.